The smallest absolute Gasteiger partial charge is 0.380 e. The lowest BCUT2D eigenvalue weighted by Gasteiger charge is -2.40. The molecule has 2 aromatic carbocycles. The van der Waals surface area contributed by atoms with E-state index in [4.69, 9.17) is 0 Å². The first-order valence-corrected chi connectivity index (χ1v) is 13.6. The highest BCUT2D eigenvalue weighted by Gasteiger charge is 2.48. The first-order chi connectivity index (χ1) is 18.2. The highest BCUT2D eigenvalue weighted by Crippen LogP contribution is 2.32. The number of halogens is 7. The molecule has 2 aliphatic heterocycles. The Morgan fingerprint density at radius 2 is 1.67 bits per heavy atom. The molecule has 0 saturated carbocycles. The van der Waals surface area contributed by atoms with E-state index in [1.165, 1.54) is 16.7 Å². The van der Waals surface area contributed by atoms with Crippen LogP contribution in [0, 0.1) is 0 Å². The lowest BCUT2D eigenvalue weighted by Crippen LogP contribution is -2.54. The normalized spacial score (nSPS) is 18.9. The maximum Gasteiger partial charge on any atom is 0.534 e. The predicted octanol–water partition coefficient (Wildman–Crippen LogP) is 5.37. The van der Waals surface area contributed by atoms with Crippen LogP contribution < -0.4 is 9.50 Å². The average Bonchev–Trinajstić information content (AvgIpc) is 2.80. The summed E-state index contributed by atoms with van der Waals surface area (Å²) < 4.78 is 112. The molecule has 0 radical (unpaired) electrons. The molecular weight excluding hydrogens is 555 g/mol. The lowest BCUT2D eigenvalue weighted by atomic mass is 9.94. The van der Waals surface area contributed by atoms with Crippen molar-refractivity contribution in [3.8, 4) is 5.75 Å². The number of para-hydroxylation sites is 1. The number of hydrogen-bond donors (Lipinski definition) is 1. The van der Waals surface area contributed by atoms with Crippen LogP contribution in [0.4, 0.5) is 36.4 Å². The molecule has 0 unspecified atom stereocenters. The van der Waals surface area contributed by atoms with Crippen LogP contribution in [0.2, 0.25) is 0 Å². The van der Waals surface area contributed by atoms with Crippen LogP contribution >= 0.6 is 0 Å². The van der Waals surface area contributed by atoms with E-state index < -0.39 is 40.1 Å². The Hall–Kier alpha value is -2.58. The molecule has 1 saturated heterocycles. The van der Waals surface area contributed by atoms with E-state index in [2.05, 4.69) is 26.5 Å². The average molecular weight is 586 g/mol. The molecule has 4 rings (SSSR count). The maximum absolute atomic E-state index is 12.5. The molecule has 14 heteroatoms. The fourth-order valence-corrected chi connectivity index (χ4v) is 4.79. The second-order valence-electron chi connectivity index (χ2n) is 9.50. The summed E-state index contributed by atoms with van der Waals surface area (Å²) in [6.07, 6.45) is -3.57. The Labute approximate surface area is 222 Å². The number of benzene rings is 2. The Morgan fingerprint density at radius 1 is 1.00 bits per heavy atom. The van der Waals surface area contributed by atoms with Gasteiger partial charge in [0.1, 0.15) is 5.75 Å². The van der Waals surface area contributed by atoms with Gasteiger partial charge in [0.25, 0.3) is 0 Å². The molecule has 6 nitrogen and oxygen atoms in total. The van der Waals surface area contributed by atoms with Gasteiger partial charge in [-0.2, -0.15) is 34.8 Å². The molecule has 0 aliphatic carbocycles. The fraction of sp³-hybridized carbons (Fsp3) is 0.520. The van der Waals surface area contributed by atoms with E-state index in [-0.39, 0.29) is 19.6 Å². The molecule has 218 valence electrons. The molecule has 2 aliphatic rings. The van der Waals surface area contributed by atoms with Crippen LogP contribution in [-0.2, 0) is 23.1 Å². The number of hydrogen-bond acceptors (Lipinski definition) is 6. The van der Waals surface area contributed by atoms with Crippen molar-refractivity contribution in [1.29, 1.82) is 0 Å². The highest BCUT2D eigenvalue weighted by atomic mass is 32.2. The maximum atomic E-state index is 12.5. The van der Waals surface area contributed by atoms with Gasteiger partial charge in [0.15, 0.2) is 0 Å². The minimum absolute atomic E-state index is 0.0394. The van der Waals surface area contributed by atoms with Crippen LogP contribution in [0.1, 0.15) is 24.5 Å². The van der Waals surface area contributed by atoms with Crippen molar-refractivity contribution in [2.75, 3.05) is 38.2 Å². The first kappa shape index (κ1) is 31.0. The largest absolute Gasteiger partial charge is 0.534 e. The van der Waals surface area contributed by atoms with E-state index in [0.29, 0.717) is 23.6 Å². The Kier molecular flexibility index (Phi) is 10.1. The molecule has 0 amide bonds. The van der Waals surface area contributed by atoms with Gasteiger partial charge < -0.3 is 9.50 Å². The lowest BCUT2D eigenvalue weighted by molar-refractivity contribution is -0.152. The zero-order valence-electron chi connectivity index (χ0n) is 21.1. The van der Waals surface area contributed by atoms with Gasteiger partial charge in [0.2, 0.25) is 0 Å². The number of nitrogens with zero attached hydrogens (tertiary/aromatic N) is 2. The minimum atomic E-state index is -5.78. The Bertz CT molecular complexity index is 1170. The molecule has 0 bridgehead atoms. The molecule has 1 atom stereocenters. The van der Waals surface area contributed by atoms with Gasteiger partial charge in [0.05, 0.1) is 19.3 Å². The van der Waals surface area contributed by atoms with Crippen molar-refractivity contribution in [3.05, 3.63) is 59.7 Å². The van der Waals surface area contributed by atoms with Crippen LogP contribution in [0.15, 0.2) is 48.5 Å². The van der Waals surface area contributed by atoms with E-state index >= 15 is 0 Å². The number of alkyl halides is 7. The third-order valence-corrected chi connectivity index (χ3v) is 7.25. The number of anilines is 1. The van der Waals surface area contributed by atoms with Crippen molar-refractivity contribution in [2.45, 2.75) is 50.1 Å². The van der Waals surface area contributed by atoms with Crippen molar-refractivity contribution >= 4 is 15.8 Å². The molecule has 1 fully saturated rings. The third kappa shape index (κ3) is 9.24. The van der Waals surface area contributed by atoms with Gasteiger partial charge in [-0.05, 0) is 55.2 Å². The molecular formula is C25H30F7N3O3S. The summed E-state index contributed by atoms with van der Waals surface area (Å²) in [6.45, 7) is 3.17. The molecule has 0 spiro atoms. The standard InChI is InChI=1S/C13H13F6NO3S.C12H17FN2/c1-8-4-10-5-11(23-24(21,22)13(17,18)19)3-2-9(10)6-20(8)7-12(14,15)16;13-7-4-8-15-9-12(10-15)14-11-5-2-1-3-6-11/h2-3,5,8H,4,6-7H2,1H3;1-3,5-6,12,14H,4,7-10H2/t8-;/m1./s1. The Morgan fingerprint density at radius 3 is 2.26 bits per heavy atom. The molecule has 1 N–H and O–H groups in total. The highest BCUT2D eigenvalue weighted by molar-refractivity contribution is 7.88. The number of fused-ring (bicyclic) bond motifs is 1. The number of nitrogens with one attached hydrogen (secondary N) is 1. The summed E-state index contributed by atoms with van der Waals surface area (Å²) in [5, 5.41) is 3.45. The zero-order chi connectivity index (χ0) is 28.8. The van der Waals surface area contributed by atoms with Gasteiger partial charge in [-0.25, -0.2) is 0 Å². The van der Waals surface area contributed by atoms with E-state index in [1.807, 2.05) is 18.2 Å². The number of likely N-dealkylation sites (tertiary alicyclic amines) is 1. The summed E-state index contributed by atoms with van der Waals surface area (Å²) in [5.41, 5.74) is -3.45. The summed E-state index contributed by atoms with van der Waals surface area (Å²) in [7, 11) is -5.78. The zero-order valence-corrected chi connectivity index (χ0v) is 21.9. The SMILES string of the molecule is C[C@@H]1Cc2cc(OS(=O)(=O)C(F)(F)F)ccc2CN1CC(F)(F)F.FCCCN1CC(Nc2ccccc2)C1. The van der Waals surface area contributed by atoms with Gasteiger partial charge in [-0.3, -0.25) is 14.2 Å². The monoisotopic (exact) mass is 585 g/mol. The second kappa shape index (κ2) is 12.7. The van der Waals surface area contributed by atoms with Gasteiger partial charge in [-0.15, -0.1) is 0 Å². The molecule has 0 aromatic heterocycles. The van der Waals surface area contributed by atoms with Crippen LogP contribution in [0.3, 0.4) is 0 Å². The summed E-state index contributed by atoms with van der Waals surface area (Å²) in [5.74, 6) is -0.525. The predicted molar refractivity (Wildman–Crippen MR) is 133 cm³/mol. The molecule has 39 heavy (non-hydrogen) atoms. The van der Waals surface area contributed by atoms with Crippen LogP contribution in [-0.4, -0.2) is 74.8 Å². The summed E-state index contributed by atoms with van der Waals surface area (Å²) >= 11 is 0. The quantitative estimate of drug-likeness (QED) is 0.256. The first-order valence-electron chi connectivity index (χ1n) is 12.2. The second-order valence-corrected chi connectivity index (χ2v) is 11.0. The minimum Gasteiger partial charge on any atom is -0.380 e. The van der Waals surface area contributed by atoms with Crippen molar-refractivity contribution in [1.82, 2.24) is 9.80 Å². The topological polar surface area (TPSA) is 61.9 Å². The fourth-order valence-electron chi connectivity index (χ4n) is 4.33. The third-order valence-electron chi connectivity index (χ3n) is 6.27. The number of rotatable bonds is 8. The van der Waals surface area contributed by atoms with Crippen molar-refractivity contribution in [3.63, 3.8) is 0 Å². The van der Waals surface area contributed by atoms with Gasteiger partial charge >= 0.3 is 21.8 Å². The van der Waals surface area contributed by atoms with E-state index in [1.54, 1.807) is 6.92 Å². The molecule has 2 aromatic rings. The summed E-state index contributed by atoms with van der Waals surface area (Å²) in [4.78, 5) is 3.47. The van der Waals surface area contributed by atoms with Crippen molar-refractivity contribution in [2.24, 2.45) is 0 Å². The Balaban J connectivity index is 0.000000239. The van der Waals surface area contributed by atoms with Crippen molar-refractivity contribution < 1.29 is 43.3 Å². The van der Waals surface area contributed by atoms with Crippen LogP contribution in [0.5, 0.6) is 5.75 Å². The van der Waals surface area contributed by atoms with Crippen LogP contribution in [0.25, 0.3) is 0 Å². The van der Waals surface area contributed by atoms with E-state index in [9.17, 15) is 39.2 Å². The van der Waals surface area contributed by atoms with Gasteiger partial charge in [-0.1, -0.05) is 24.3 Å². The molecule has 2 heterocycles. The van der Waals surface area contributed by atoms with Gasteiger partial charge in [0, 0.05) is 37.9 Å². The van der Waals surface area contributed by atoms with E-state index in [0.717, 1.165) is 31.8 Å². The summed E-state index contributed by atoms with van der Waals surface area (Å²) in [6, 6.07) is 13.6.